The average molecular weight is 494 g/mol. The molecule has 1 N–H and O–H groups in total. The fourth-order valence-corrected chi connectivity index (χ4v) is 1.07. The van der Waals surface area contributed by atoms with Gasteiger partial charge in [-0.15, -0.1) is 0 Å². The number of halogens is 16. The molecule has 0 saturated heterocycles. The van der Waals surface area contributed by atoms with Gasteiger partial charge in [-0.25, -0.2) is 23.4 Å². The van der Waals surface area contributed by atoms with E-state index in [0.29, 0.717) is 0 Å². The van der Waals surface area contributed by atoms with Gasteiger partial charge in [0.05, 0.1) is 0 Å². The molecular formula is C9H2F16O5. The lowest BCUT2D eigenvalue weighted by atomic mass is 10.3. The minimum atomic E-state index is -7.58. The lowest BCUT2D eigenvalue weighted by Gasteiger charge is -2.37. The van der Waals surface area contributed by atoms with E-state index < -0.39 is 55.0 Å². The van der Waals surface area contributed by atoms with E-state index in [0.717, 1.165) is 0 Å². The van der Waals surface area contributed by atoms with E-state index in [9.17, 15) is 75.0 Å². The van der Waals surface area contributed by atoms with Crippen molar-refractivity contribution in [2.45, 2.75) is 49.0 Å². The van der Waals surface area contributed by atoms with Crippen LogP contribution >= 0.6 is 0 Å². The van der Waals surface area contributed by atoms with Gasteiger partial charge in [0.1, 0.15) is 0 Å². The summed E-state index contributed by atoms with van der Waals surface area (Å²) < 4.78 is 206. The number of ether oxygens (including phenoxy) is 3. The molecule has 0 aromatic heterocycles. The topological polar surface area (TPSA) is 65.0 Å². The van der Waals surface area contributed by atoms with E-state index in [1.165, 1.54) is 0 Å². The van der Waals surface area contributed by atoms with Crippen molar-refractivity contribution in [3.8, 4) is 0 Å². The summed E-state index contributed by atoms with van der Waals surface area (Å²) in [5, 5.41) is 7.77. The molecule has 0 fully saturated rings. The number of aliphatic carboxylic acids is 1. The maximum atomic E-state index is 13.5. The third-order valence-corrected chi connectivity index (χ3v) is 2.30. The molecule has 3 atom stereocenters. The van der Waals surface area contributed by atoms with Crippen molar-refractivity contribution in [2.24, 2.45) is 0 Å². The molecule has 3 unspecified atom stereocenters. The highest BCUT2D eigenvalue weighted by atomic mass is 19.4. The van der Waals surface area contributed by atoms with Gasteiger partial charge in [-0.3, -0.25) is 0 Å². The minimum absolute atomic E-state index is 1.59. The van der Waals surface area contributed by atoms with Crippen LogP contribution in [0.5, 0.6) is 0 Å². The molecule has 0 heterocycles. The van der Waals surface area contributed by atoms with Crippen molar-refractivity contribution >= 4 is 5.97 Å². The third-order valence-electron chi connectivity index (χ3n) is 2.30. The number of alkyl halides is 16. The van der Waals surface area contributed by atoms with Crippen LogP contribution in [0.15, 0.2) is 0 Å². The molecule has 21 heteroatoms. The average Bonchev–Trinajstić information content (AvgIpc) is 2.41. The second kappa shape index (κ2) is 7.73. The highest BCUT2D eigenvalue weighted by Gasteiger charge is 2.77. The number of carboxylic acid groups (broad SMARTS) is 1. The van der Waals surface area contributed by atoms with E-state index in [4.69, 9.17) is 5.11 Å². The predicted molar refractivity (Wildman–Crippen MR) is 51.5 cm³/mol. The lowest BCUT2D eigenvalue weighted by molar-refractivity contribution is -0.590. The van der Waals surface area contributed by atoms with Crippen molar-refractivity contribution in [1.29, 1.82) is 0 Å². The Bertz CT molecular complexity index is 624. The summed E-state index contributed by atoms with van der Waals surface area (Å²) in [5.41, 5.74) is 0. The van der Waals surface area contributed by atoms with Crippen molar-refractivity contribution < 1.29 is 94.4 Å². The van der Waals surface area contributed by atoms with Gasteiger partial charge in [-0.05, 0) is 0 Å². The monoisotopic (exact) mass is 494 g/mol. The smallest absolute Gasteiger partial charge is 0.475 e. The number of hydrogen-bond acceptors (Lipinski definition) is 4. The second-order valence-corrected chi connectivity index (χ2v) is 4.66. The molecule has 5 nitrogen and oxygen atoms in total. The normalized spacial score (nSPS) is 19.7. The molecule has 0 aliphatic rings. The molecule has 0 aromatic rings. The first kappa shape index (κ1) is 28.2. The molecule has 180 valence electrons. The van der Waals surface area contributed by atoms with E-state index in [1.807, 2.05) is 0 Å². The van der Waals surface area contributed by atoms with Gasteiger partial charge < -0.3 is 5.11 Å². The van der Waals surface area contributed by atoms with Gasteiger partial charge in [0.25, 0.3) is 6.17 Å². The molecule has 0 saturated carbocycles. The van der Waals surface area contributed by atoms with Crippen molar-refractivity contribution in [3.63, 3.8) is 0 Å². The lowest BCUT2D eigenvalue weighted by Crippen LogP contribution is -2.62. The zero-order chi connectivity index (χ0) is 24.8. The second-order valence-electron chi connectivity index (χ2n) is 4.66. The van der Waals surface area contributed by atoms with Crippen LogP contribution in [-0.4, -0.2) is 60.1 Å². The quantitative estimate of drug-likeness (QED) is 0.396. The van der Waals surface area contributed by atoms with Gasteiger partial charge in [0.2, 0.25) is 0 Å². The van der Waals surface area contributed by atoms with Crippen molar-refractivity contribution in [2.75, 3.05) is 0 Å². The number of rotatable bonds is 8. The third kappa shape index (κ3) is 6.12. The Morgan fingerprint density at radius 3 is 1.23 bits per heavy atom. The highest BCUT2D eigenvalue weighted by Crippen LogP contribution is 2.50. The van der Waals surface area contributed by atoms with Gasteiger partial charge in [0.15, 0.2) is 0 Å². The van der Waals surface area contributed by atoms with Gasteiger partial charge in [0, 0.05) is 0 Å². The molecule has 0 spiro atoms. The van der Waals surface area contributed by atoms with Crippen LogP contribution in [0.25, 0.3) is 0 Å². The summed E-state index contributed by atoms with van der Waals surface area (Å²) >= 11 is 0. The number of carbonyl (C=O) groups is 1. The summed E-state index contributed by atoms with van der Waals surface area (Å²) in [5.74, 6) is -3.87. The molecule has 0 amide bonds. The summed E-state index contributed by atoms with van der Waals surface area (Å²) in [6, 6.07) is -14.8. The van der Waals surface area contributed by atoms with Crippen LogP contribution in [-0.2, 0) is 19.0 Å². The molecule has 0 aliphatic carbocycles. The predicted octanol–water partition coefficient (Wildman–Crippen LogP) is 4.58. The Morgan fingerprint density at radius 2 is 0.967 bits per heavy atom. The van der Waals surface area contributed by atoms with Crippen molar-refractivity contribution in [3.05, 3.63) is 0 Å². The Kier molecular flexibility index (Phi) is 7.27. The number of hydrogen-bond donors (Lipinski definition) is 1. The minimum Gasteiger partial charge on any atom is -0.475 e. The standard InChI is InChI=1S/C9H2F16O5/c10-1(3(11,12)13)4(14,15)28-8(24,6(18,19)20)30-9(25,7(21,22)23)29-5(16,17)2(26)27/h1H,(H,26,27). The molecular weight excluding hydrogens is 492 g/mol. The molecule has 30 heavy (non-hydrogen) atoms. The van der Waals surface area contributed by atoms with Crippen LogP contribution in [0.3, 0.4) is 0 Å². The Labute approximate surface area is 151 Å². The Hall–Kier alpha value is -1.77. The van der Waals surface area contributed by atoms with Crippen LogP contribution < -0.4 is 0 Å². The Balaban J connectivity index is 6.39. The van der Waals surface area contributed by atoms with Crippen molar-refractivity contribution in [1.82, 2.24) is 0 Å². The SMILES string of the molecule is O=C(O)C(F)(F)OC(F)(OC(F)(OC(F)(F)C(F)C(F)(F)F)C(F)(F)F)C(F)(F)F. The molecule has 0 radical (unpaired) electrons. The van der Waals surface area contributed by atoms with E-state index in [2.05, 4.69) is 0 Å². The summed E-state index contributed by atoms with van der Waals surface area (Å²) in [7, 11) is 0. The van der Waals surface area contributed by atoms with E-state index in [-0.39, 0.29) is 0 Å². The first-order valence-electron chi connectivity index (χ1n) is 6.03. The van der Waals surface area contributed by atoms with Gasteiger partial charge in [-0.2, -0.15) is 65.9 Å². The van der Waals surface area contributed by atoms with Gasteiger partial charge in [-0.1, -0.05) is 0 Å². The maximum absolute atomic E-state index is 13.5. The highest BCUT2D eigenvalue weighted by molar-refractivity contribution is 5.73. The Morgan fingerprint density at radius 1 is 0.633 bits per heavy atom. The van der Waals surface area contributed by atoms with E-state index >= 15 is 0 Å². The summed E-state index contributed by atoms with van der Waals surface area (Å²) in [6.07, 6.45) is -41.4. The summed E-state index contributed by atoms with van der Waals surface area (Å²) in [4.78, 5) is 9.91. The zero-order valence-corrected chi connectivity index (χ0v) is 12.7. The van der Waals surface area contributed by atoms with Crippen LogP contribution in [0.1, 0.15) is 0 Å². The van der Waals surface area contributed by atoms with Crippen LogP contribution in [0, 0.1) is 0 Å². The fraction of sp³-hybridized carbons (Fsp3) is 0.889. The largest absolute Gasteiger partial charge is 0.478 e. The first-order chi connectivity index (χ1) is 12.7. The molecule has 0 bridgehead atoms. The first-order valence-corrected chi connectivity index (χ1v) is 6.03. The van der Waals surface area contributed by atoms with Crippen LogP contribution in [0.2, 0.25) is 0 Å². The number of carboxylic acids is 1. The van der Waals surface area contributed by atoms with Crippen LogP contribution in [0.4, 0.5) is 70.2 Å². The van der Waals surface area contributed by atoms with Gasteiger partial charge >= 0.3 is 48.8 Å². The molecule has 0 aliphatic heterocycles. The molecule has 0 aromatic carbocycles. The zero-order valence-electron chi connectivity index (χ0n) is 12.7. The molecule has 0 rings (SSSR count). The fourth-order valence-electron chi connectivity index (χ4n) is 1.07. The van der Waals surface area contributed by atoms with E-state index in [1.54, 1.807) is 14.2 Å². The maximum Gasteiger partial charge on any atom is 0.478 e. The summed E-state index contributed by atoms with van der Waals surface area (Å²) in [6.45, 7) is 0.